The van der Waals surface area contributed by atoms with Crippen molar-refractivity contribution in [1.82, 2.24) is 10.2 Å². The number of anilines is 1. The third kappa shape index (κ3) is 3.62. The standard InChI is InChI=1S/C21H16ClN3O4S/c1-29-21(26)16-7-3-5-9-19(16)30(27,28)25-13-10-11-15-18(12-13)23-24-20(15)14-6-2-4-8-17(14)22/h2-12,25H,1H3,(H,23,24). The van der Waals surface area contributed by atoms with E-state index in [1.807, 2.05) is 18.2 Å². The summed E-state index contributed by atoms with van der Waals surface area (Å²) in [5, 5.41) is 8.58. The summed E-state index contributed by atoms with van der Waals surface area (Å²) in [5.74, 6) is -0.732. The lowest BCUT2D eigenvalue weighted by Gasteiger charge is -2.11. The third-order valence-corrected chi connectivity index (χ3v) is 6.29. The van der Waals surface area contributed by atoms with E-state index in [4.69, 9.17) is 11.6 Å². The summed E-state index contributed by atoms with van der Waals surface area (Å²) in [6.45, 7) is 0. The van der Waals surface area contributed by atoms with Crippen molar-refractivity contribution in [2.75, 3.05) is 11.8 Å². The van der Waals surface area contributed by atoms with Crippen molar-refractivity contribution in [1.29, 1.82) is 0 Å². The van der Waals surface area contributed by atoms with Crippen molar-refractivity contribution >= 4 is 44.2 Å². The minimum Gasteiger partial charge on any atom is -0.465 e. The van der Waals surface area contributed by atoms with Crippen LogP contribution >= 0.6 is 11.6 Å². The first-order valence-electron chi connectivity index (χ1n) is 8.84. The fraction of sp³-hybridized carbons (Fsp3) is 0.0476. The third-order valence-electron chi connectivity index (χ3n) is 4.53. The molecule has 0 saturated carbocycles. The number of carbonyl (C=O) groups is 1. The summed E-state index contributed by atoms with van der Waals surface area (Å²) in [4.78, 5) is 11.8. The fourth-order valence-electron chi connectivity index (χ4n) is 3.13. The summed E-state index contributed by atoms with van der Waals surface area (Å²) in [5.41, 5.74) is 2.34. The smallest absolute Gasteiger partial charge is 0.339 e. The van der Waals surface area contributed by atoms with E-state index in [1.165, 1.54) is 25.3 Å². The summed E-state index contributed by atoms with van der Waals surface area (Å²) in [6, 6.07) is 18.2. The van der Waals surface area contributed by atoms with Crippen molar-refractivity contribution < 1.29 is 17.9 Å². The van der Waals surface area contributed by atoms with Crippen LogP contribution in [0.25, 0.3) is 22.2 Å². The number of rotatable bonds is 5. The first kappa shape index (κ1) is 19.9. The van der Waals surface area contributed by atoms with Gasteiger partial charge in [0.05, 0.1) is 28.9 Å². The van der Waals surface area contributed by atoms with Crippen LogP contribution in [0.2, 0.25) is 5.02 Å². The van der Waals surface area contributed by atoms with Gasteiger partial charge in [-0.15, -0.1) is 0 Å². The molecule has 4 rings (SSSR count). The van der Waals surface area contributed by atoms with Crippen LogP contribution in [-0.2, 0) is 14.8 Å². The number of H-pyrrole nitrogens is 1. The molecule has 1 heterocycles. The maximum Gasteiger partial charge on any atom is 0.339 e. The van der Waals surface area contributed by atoms with Gasteiger partial charge >= 0.3 is 5.97 Å². The van der Waals surface area contributed by atoms with E-state index in [-0.39, 0.29) is 10.5 Å². The Kier molecular flexibility index (Phi) is 5.19. The number of nitrogens with zero attached hydrogens (tertiary/aromatic N) is 1. The second-order valence-electron chi connectivity index (χ2n) is 6.41. The molecule has 0 amide bonds. The quantitative estimate of drug-likeness (QED) is 0.445. The summed E-state index contributed by atoms with van der Waals surface area (Å²) in [7, 11) is -2.83. The Morgan fingerprint density at radius 2 is 1.80 bits per heavy atom. The van der Waals surface area contributed by atoms with E-state index in [0.717, 1.165) is 10.9 Å². The zero-order chi connectivity index (χ0) is 21.3. The van der Waals surface area contributed by atoms with Gasteiger partial charge in [-0.2, -0.15) is 5.10 Å². The second kappa shape index (κ2) is 7.81. The maximum absolute atomic E-state index is 12.9. The van der Waals surface area contributed by atoms with Gasteiger partial charge in [0.2, 0.25) is 0 Å². The molecule has 7 nitrogen and oxygen atoms in total. The molecule has 0 aliphatic rings. The number of fused-ring (bicyclic) bond motifs is 1. The number of halogens is 1. The Morgan fingerprint density at radius 3 is 2.57 bits per heavy atom. The number of sulfonamides is 1. The first-order valence-corrected chi connectivity index (χ1v) is 10.7. The number of methoxy groups -OCH3 is 1. The van der Waals surface area contributed by atoms with Gasteiger partial charge in [-0.25, -0.2) is 13.2 Å². The van der Waals surface area contributed by atoms with Crippen LogP contribution in [-0.4, -0.2) is 31.7 Å². The van der Waals surface area contributed by atoms with E-state index in [1.54, 1.807) is 30.3 Å². The maximum atomic E-state index is 12.9. The van der Waals surface area contributed by atoms with Crippen LogP contribution in [0.5, 0.6) is 0 Å². The molecule has 0 radical (unpaired) electrons. The van der Waals surface area contributed by atoms with Gasteiger partial charge in [0.15, 0.2) is 0 Å². The monoisotopic (exact) mass is 441 g/mol. The highest BCUT2D eigenvalue weighted by Gasteiger charge is 2.23. The highest BCUT2D eigenvalue weighted by molar-refractivity contribution is 7.92. The second-order valence-corrected chi connectivity index (χ2v) is 8.46. The number of nitrogens with one attached hydrogen (secondary N) is 2. The van der Waals surface area contributed by atoms with Crippen LogP contribution in [0.1, 0.15) is 10.4 Å². The summed E-state index contributed by atoms with van der Waals surface area (Å²) < 4.78 is 33.0. The number of aromatic amines is 1. The number of aromatic nitrogens is 2. The Hall–Kier alpha value is -3.36. The van der Waals surface area contributed by atoms with E-state index < -0.39 is 16.0 Å². The molecular formula is C21H16ClN3O4S. The molecular weight excluding hydrogens is 426 g/mol. The van der Waals surface area contributed by atoms with Gasteiger partial charge in [-0.3, -0.25) is 9.82 Å². The Morgan fingerprint density at radius 1 is 1.07 bits per heavy atom. The normalized spacial score (nSPS) is 11.4. The highest BCUT2D eigenvalue weighted by Crippen LogP contribution is 2.33. The molecule has 3 aromatic carbocycles. The van der Waals surface area contributed by atoms with Gasteiger partial charge in [0.25, 0.3) is 10.0 Å². The van der Waals surface area contributed by atoms with Crippen LogP contribution in [0.4, 0.5) is 5.69 Å². The summed E-state index contributed by atoms with van der Waals surface area (Å²) in [6.07, 6.45) is 0. The average molecular weight is 442 g/mol. The van der Waals surface area contributed by atoms with Gasteiger partial charge in [-0.05, 0) is 36.4 Å². The topological polar surface area (TPSA) is 101 Å². The number of esters is 1. The fourth-order valence-corrected chi connectivity index (χ4v) is 4.60. The lowest BCUT2D eigenvalue weighted by molar-refractivity contribution is 0.0596. The molecule has 152 valence electrons. The highest BCUT2D eigenvalue weighted by atomic mass is 35.5. The zero-order valence-corrected chi connectivity index (χ0v) is 17.3. The Balaban J connectivity index is 1.70. The molecule has 4 aromatic rings. The molecule has 0 aliphatic carbocycles. The number of hydrogen-bond acceptors (Lipinski definition) is 5. The van der Waals surface area contributed by atoms with Crippen molar-refractivity contribution in [2.45, 2.75) is 4.90 Å². The van der Waals surface area contributed by atoms with Gasteiger partial charge in [0, 0.05) is 10.9 Å². The van der Waals surface area contributed by atoms with Crippen LogP contribution in [0, 0.1) is 0 Å². The molecule has 0 fully saturated rings. The lowest BCUT2D eigenvalue weighted by atomic mass is 10.1. The molecule has 0 aliphatic heterocycles. The largest absolute Gasteiger partial charge is 0.465 e. The number of ether oxygens (including phenoxy) is 1. The lowest BCUT2D eigenvalue weighted by Crippen LogP contribution is -2.17. The van der Waals surface area contributed by atoms with Crippen molar-refractivity contribution in [2.24, 2.45) is 0 Å². The summed E-state index contributed by atoms with van der Waals surface area (Å²) >= 11 is 6.27. The molecule has 9 heteroatoms. The van der Waals surface area contributed by atoms with Crippen molar-refractivity contribution in [3.8, 4) is 11.3 Å². The van der Waals surface area contributed by atoms with Crippen LogP contribution in [0.15, 0.2) is 71.6 Å². The van der Waals surface area contributed by atoms with E-state index >= 15 is 0 Å². The van der Waals surface area contributed by atoms with E-state index in [0.29, 0.717) is 21.9 Å². The number of carbonyl (C=O) groups excluding carboxylic acids is 1. The molecule has 0 bridgehead atoms. The van der Waals surface area contributed by atoms with Crippen molar-refractivity contribution in [3.05, 3.63) is 77.3 Å². The SMILES string of the molecule is COC(=O)c1ccccc1S(=O)(=O)Nc1ccc2c(-c3ccccc3Cl)n[nH]c2c1. The molecule has 2 N–H and O–H groups in total. The van der Waals surface area contributed by atoms with E-state index in [9.17, 15) is 13.2 Å². The first-order chi connectivity index (χ1) is 14.4. The van der Waals surface area contributed by atoms with Crippen LogP contribution < -0.4 is 4.72 Å². The van der Waals surface area contributed by atoms with Crippen molar-refractivity contribution in [3.63, 3.8) is 0 Å². The molecule has 0 unspecified atom stereocenters. The van der Waals surface area contributed by atoms with Gasteiger partial charge < -0.3 is 4.74 Å². The Labute approximate surface area is 177 Å². The number of hydrogen-bond donors (Lipinski definition) is 2. The molecule has 0 spiro atoms. The molecule has 1 aromatic heterocycles. The minimum atomic E-state index is -4.03. The molecule has 30 heavy (non-hydrogen) atoms. The molecule has 0 saturated heterocycles. The number of benzene rings is 3. The molecule has 0 atom stereocenters. The zero-order valence-electron chi connectivity index (χ0n) is 15.7. The van der Waals surface area contributed by atoms with Gasteiger partial charge in [-0.1, -0.05) is 41.9 Å². The predicted octanol–water partition coefficient (Wildman–Crippen LogP) is 4.47. The van der Waals surface area contributed by atoms with Crippen LogP contribution in [0.3, 0.4) is 0 Å². The van der Waals surface area contributed by atoms with Gasteiger partial charge in [0.1, 0.15) is 10.6 Å². The average Bonchev–Trinajstić information content (AvgIpc) is 3.16. The Bertz CT molecular complexity index is 1370. The predicted molar refractivity (Wildman–Crippen MR) is 115 cm³/mol. The minimum absolute atomic E-state index is 0.0453. The van der Waals surface area contributed by atoms with E-state index in [2.05, 4.69) is 19.7 Å².